The van der Waals surface area contributed by atoms with Gasteiger partial charge in [-0.2, -0.15) is 9.97 Å². The third-order valence-electron chi connectivity index (χ3n) is 2.84. The zero-order valence-electron chi connectivity index (χ0n) is 11.5. The minimum absolute atomic E-state index is 0.0352. The molecule has 0 saturated carbocycles. The van der Waals surface area contributed by atoms with Crippen LogP contribution in [0.15, 0.2) is 36.7 Å². The molecular formula is C14H13FN6O. The van der Waals surface area contributed by atoms with Crippen molar-refractivity contribution in [3.63, 3.8) is 0 Å². The second-order valence-corrected chi connectivity index (χ2v) is 4.41. The molecule has 3 rings (SSSR count). The summed E-state index contributed by atoms with van der Waals surface area (Å²) in [6, 6.07) is 5.85. The summed E-state index contributed by atoms with van der Waals surface area (Å²) in [7, 11) is 0. The number of hydrogen-bond acceptors (Lipinski definition) is 7. The number of aliphatic hydroxyl groups excluding tert-OH is 1. The first-order valence-corrected chi connectivity index (χ1v) is 6.62. The van der Waals surface area contributed by atoms with E-state index < -0.39 is 0 Å². The van der Waals surface area contributed by atoms with Crippen LogP contribution in [-0.2, 0) is 0 Å². The molecule has 0 fully saturated rings. The number of hydrogen-bond donors (Lipinski definition) is 3. The second-order valence-electron chi connectivity index (χ2n) is 4.41. The summed E-state index contributed by atoms with van der Waals surface area (Å²) in [5.41, 5.74) is 1.58. The van der Waals surface area contributed by atoms with Crippen molar-refractivity contribution < 1.29 is 9.50 Å². The zero-order chi connectivity index (χ0) is 15.4. The summed E-state index contributed by atoms with van der Waals surface area (Å²) in [6.45, 7) is 0.297. The predicted molar refractivity (Wildman–Crippen MR) is 80.4 cm³/mol. The molecule has 0 atom stereocenters. The Morgan fingerprint density at radius 1 is 1.05 bits per heavy atom. The number of halogens is 1. The number of aromatic nitrogens is 4. The summed E-state index contributed by atoms with van der Waals surface area (Å²) >= 11 is 0. The monoisotopic (exact) mass is 300 g/mol. The number of benzene rings is 1. The van der Waals surface area contributed by atoms with Crippen molar-refractivity contribution in [2.45, 2.75) is 0 Å². The quantitative estimate of drug-likeness (QED) is 0.660. The number of nitrogens with zero attached hydrogens (tertiary/aromatic N) is 4. The average Bonchev–Trinajstić information content (AvgIpc) is 2.55. The molecule has 0 amide bonds. The molecule has 3 N–H and O–H groups in total. The number of fused-ring (bicyclic) bond motifs is 1. The fourth-order valence-electron chi connectivity index (χ4n) is 1.88. The lowest BCUT2D eigenvalue weighted by atomic mass is 10.3. The van der Waals surface area contributed by atoms with E-state index in [1.54, 1.807) is 18.3 Å². The molecule has 1 aromatic carbocycles. The molecule has 0 saturated heterocycles. The van der Waals surface area contributed by atoms with Gasteiger partial charge in [0, 0.05) is 24.6 Å². The summed E-state index contributed by atoms with van der Waals surface area (Å²) in [5.74, 6) is 0.456. The first-order valence-electron chi connectivity index (χ1n) is 6.62. The van der Waals surface area contributed by atoms with Crippen molar-refractivity contribution in [1.29, 1.82) is 0 Å². The first kappa shape index (κ1) is 14.1. The SMILES string of the molecule is OCCNc1nc(Nc2ccc(F)cc2)nc2nccnc12. The molecule has 0 aliphatic carbocycles. The average molecular weight is 300 g/mol. The van der Waals surface area contributed by atoms with Crippen molar-refractivity contribution in [3.8, 4) is 0 Å². The smallest absolute Gasteiger partial charge is 0.231 e. The molecule has 0 aliphatic heterocycles. The molecule has 22 heavy (non-hydrogen) atoms. The van der Waals surface area contributed by atoms with E-state index in [1.165, 1.54) is 18.3 Å². The Hall–Kier alpha value is -2.87. The van der Waals surface area contributed by atoms with Crippen LogP contribution < -0.4 is 10.6 Å². The van der Waals surface area contributed by atoms with E-state index in [0.29, 0.717) is 35.2 Å². The normalized spacial score (nSPS) is 10.6. The molecular weight excluding hydrogens is 287 g/mol. The van der Waals surface area contributed by atoms with Crippen molar-refractivity contribution >= 4 is 28.6 Å². The molecule has 2 heterocycles. The highest BCUT2D eigenvalue weighted by atomic mass is 19.1. The highest BCUT2D eigenvalue weighted by molar-refractivity contribution is 5.83. The Kier molecular flexibility index (Phi) is 4.01. The van der Waals surface area contributed by atoms with Crippen LogP contribution in [0, 0.1) is 5.82 Å². The van der Waals surface area contributed by atoms with Gasteiger partial charge in [0.15, 0.2) is 17.0 Å². The van der Waals surface area contributed by atoms with Gasteiger partial charge in [0.1, 0.15) is 5.82 Å². The van der Waals surface area contributed by atoms with Crippen LogP contribution in [-0.4, -0.2) is 38.2 Å². The summed E-state index contributed by atoms with van der Waals surface area (Å²) in [4.78, 5) is 16.9. The fourth-order valence-corrected chi connectivity index (χ4v) is 1.88. The molecule has 0 aliphatic rings. The van der Waals surface area contributed by atoms with Gasteiger partial charge in [-0.25, -0.2) is 14.4 Å². The van der Waals surface area contributed by atoms with Gasteiger partial charge in [-0.15, -0.1) is 0 Å². The van der Waals surface area contributed by atoms with Gasteiger partial charge in [-0.1, -0.05) is 0 Å². The molecule has 0 spiro atoms. The van der Waals surface area contributed by atoms with Crippen molar-refractivity contribution in [1.82, 2.24) is 19.9 Å². The van der Waals surface area contributed by atoms with Crippen LogP contribution in [0.3, 0.4) is 0 Å². The molecule has 7 nitrogen and oxygen atoms in total. The molecule has 0 bridgehead atoms. The topological polar surface area (TPSA) is 95.8 Å². The molecule has 2 aromatic heterocycles. The van der Waals surface area contributed by atoms with E-state index in [4.69, 9.17) is 5.11 Å². The molecule has 0 radical (unpaired) electrons. The third kappa shape index (κ3) is 3.07. The highest BCUT2D eigenvalue weighted by Gasteiger charge is 2.09. The predicted octanol–water partition coefficient (Wildman–Crippen LogP) is 1.71. The van der Waals surface area contributed by atoms with Gasteiger partial charge in [0.25, 0.3) is 0 Å². The maximum Gasteiger partial charge on any atom is 0.231 e. The molecule has 112 valence electrons. The first-order chi connectivity index (χ1) is 10.8. The van der Waals surface area contributed by atoms with Crippen LogP contribution in [0.1, 0.15) is 0 Å². The minimum Gasteiger partial charge on any atom is -0.395 e. The van der Waals surface area contributed by atoms with Gasteiger partial charge in [0.05, 0.1) is 6.61 Å². The van der Waals surface area contributed by atoms with E-state index in [2.05, 4.69) is 30.6 Å². The van der Waals surface area contributed by atoms with E-state index >= 15 is 0 Å². The Labute approximate surface area is 125 Å². The van der Waals surface area contributed by atoms with Gasteiger partial charge in [-0.3, -0.25) is 0 Å². The zero-order valence-corrected chi connectivity index (χ0v) is 11.5. The van der Waals surface area contributed by atoms with Gasteiger partial charge in [-0.05, 0) is 24.3 Å². The van der Waals surface area contributed by atoms with Gasteiger partial charge >= 0.3 is 0 Å². The van der Waals surface area contributed by atoms with Crippen LogP contribution in [0.4, 0.5) is 21.8 Å². The Balaban J connectivity index is 1.96. The number of rotatable bonds is 5. The molecule has 0 unspecified atom stereocenters. The Morgan fingerprint density at radius 3 is 2.59 bits per heavy atom. The van der Waals surface area contributed by atoms with Crippen molar-refractivity contribution in [2.75, 3.05) is 23.8 Å². The van der Waals surface area contributed by atoms with Crippen molar-refractivity contribution in [3.05, 3.63) is 42.5 Å². The summed E-state index contributed by atoms with van der Waals surface area (Å²) < 4.78 is 12.9. The third-order valence-corrected chi connectivity index (χ3v) is 2.84. The highest BCUT2D eigenvalue weighted by Crippen LogP contribution is 2.20. The largest absolute Gasteiger partial charge is 0.395 e. The molecule has 8 heteroatoms. The van der Waals surface area contributed by atoms with Crippen molar-refractivity contribution in [2.24, 2.45) is 0 Å². The second kappa shape index (κ2) is 6.27. The lowest BCUT2D eigenvalue weighted by Gasteiger charge is -2.10. The Morgan fingerprint density at radius 2 is 1.82 bits per heavy atom. The fraction of sp³-hybridized carbons (Fsp3) is 0.143. The summed E-state index contributed by atoms with van der Waals surface area (Å²) in [6.07, 6.45) is 3.08. The van der Waals surface area contributed by atoms with Crippen LogP contribution in [0.25, 0.3) is 11.2 Å². The molecule has 3 aromatic rings. The lowest BCUT2D eigenvalue weighted by Crippen LogP contribution is -2.10. The Bertz CT molecular complexity index is 780. The van der Waals surface area contributed by atoms with Crippen LogP contribution in [0.2, 0.25) is 0 Å². The van der Waals surface area contributed by atoms with E-state index in [0.717, 1.165) is 0 Å². The lowest BCUT2D eigenvalue weighted by molar-refractivity contribution is 0.311. The van der Waals surface area contributed by atoms with Gasteiger partial charge in [0.2, 0.25) is 5.95 Å². The number of aliphatic hydroxyl groups is 1. The summed E-state index contributed by atoms with van der Waals surface area (Å²) in [5, 5.41) is 14.9. The minimum atomic E-state index is -0.318. The van der Waals surface area contributed by atoms with E-state index in [9.17, 15) is 4.39 Å². The van der Waals surface area contributed by atoms with E-state index in [1.807, 2.05) is 0 Å². The standard InChI is InChI=1S/C14H13FN6O/c15-9-1-3-10(4-2-9)19-14-20-12-11(16-5-6-17-12)13(21-14)18-7-8-22/h1-6,22H,7-8H2,(H2,17,18,19,20,21). The number of nitrogens with one attached hydrogen (secondary N) is 2. The number of anilines is 3. The maximum atomic E-state index is 12.9. The van der Waals surface area contributed by atoms with Crippen LogP contribution in [0.5, 0.6) is 0 Å². The van der Waals surface area contributed by atoms with Gasteiger partial charge < -0.3 is 15.7 Å². The van der Waals surface area contributed by atoms with Crippen LogP contribution >= 0.6 is 0 Å². The maximum absolute atomic E-state index is 12.9. The van der Waals surface area contributed by atoms with E-state index in [-0.39, 0.29) is 12.4 Å².